The molecule has 2 aromatic heterocycles. The van der Waals surface area contributed by atoms with E-state index in [1.54, 1.807) is 11.0 Å². The van der Waals surface area contributed by atoms with Crippen molar-refractivity contribution in [3.63, 3.8) is 0 Å². The monoisotopic (exact) mass is 330 g/mol. The molecule has 0 bridgehead atoms. The highest BCUT2D eigenvalue weighted by Crippen LogP contribution is 2.23. The quantitative estimate of drug-likeness (QED) is 0.699. The molecule has 0 fully saturated rings. The molecule has 0 aliphatic heterocycles. The van der Waals surface area contributed by atoms with E-state index in [9.17, 15) is 4.79 Å². The van der Waals surface area contributed by atoms with Crippen LogP contribution in [-0.2, 0) is 6.54 Å². The first-order valence-electron chi connectivity index (χ1n) is 7.06. The first-order chi connectivity index (χ1) is 10.7. The van der Waals surface area contributed by atoms with Crippen LogP contribution in [0.3, 0.4) is 0 Å². The molecule has 0 saturated carbocycles. The standard InChI is InChI=1S/C17H15ClN2OS/c1-2-20(11-13-8-10-16(18)22-13)17(21)15-9-7-12-5-3-4-6-14(12)19-15/h3-10H,2,11H2,1H3. The predicted octanol–water partition coefficient (Wildman–Crippen LogP) is 4.61. The maximum atomic E-state index is 12.7. The van der Waals surface area contributed by atoms with Gasteiger partial charge in [0.15, 0.2) is 0 Å². The third kappa shape index (κ3) is 3.13. The molecule has 0 spiro atoms. The van der Waals surface area contributed by atoms with E-state index in [1.165, 1.54) is 11.3 Å². The zero-order valence-electron chi connectivity index (χ0n) is 12.1. The number of carbonyl (C=O) groups excluding carboxylic acids is 1. The van der Waals surface area contributed by atoms with Gasteiger partial charge >= 0.3 is 0 Å². The molecule has 3 aromatic rings. The maximum absolute atomic E-state index is 12.7. The summed E-state index contributed by atoms with van der Waals surface area (Å²) >= 11 is 7.45. The second-order valence-electron chi connectivity index (χ2n) is 4.91. The molecule has 0 radical (unpaired) electrons. The van der Waals surface area contributed by atoms with Crippen molar-refractivity contribution < 1.29 is 4.79 Å². The molecule has 5 heteroatoms. The SMILES string of the molecule is CCN(Cc1ccc(Cl)s1)C(=O)c1ccc2ccccc2n1. The van der Waals surface area contributed by atoms with Gasteiger partial charge in [-0.05, 0) is 31.2 Å². The summed E-state index contributed by atoms with van der Waals surface area (Å²) in [5.74, 6) is -0.0576. The highest BCUT2D eigenvalue weighted by Gasteiger charge is 2.17. The second kappa shape index (κ2) is 6.46. The first kappa shape index (κ1) is 15.0. The summed E-state index contributed by atoms with van der Waals surface area (Å²) in [6.45, 7) is 3.15. The second-order valence-corrected chi connectivity index (χ2v) is 6.71. The molecular formula is C17H15ClN2OS. The van der Waals surface area contributed by atoms with Crippen molar-refractivity contribution in [3.8, 4) is 0 Å². The fraction of sp³-hybridized carbons (Fsp3) is 0.176. The number of hydrogen-bond donors (Lipinski definition) is 0. The number of amides is 1. The first-order valence-corrected chi connectivity index (χ1v) is 8.26. The molecule has 2 heterocycles. The van der Waals surface area contributed by atoms with Crippen LogP contribution in [0.15, 0.2) is 48.5 Å². The molecule has 0 saturated heterocycles. The van der Waals surface area contributed by atoms with Crippen LogP contribution in [0.4, 0.5) is 0 Å². The molecule has 3 nitrogen and oxygen atoms in total. The van der Waals surface area contributed by atoms with Crippen molar-refractivity contribution in [2.45, 2.75) is 13.5 Å². The van der Waals surface area contributed by atoms with E-state index in [0.717, 1.165) is 20.1 Å². The van der Waals surface area contributed by atoms with Gasteiger partial charge in [0.05, 0.1) is 16.4 Å². The summed E-state index contributed by atoms with van der Waals surface area (Å²) in [5.41, 5.74) is 1.31. The summed E-state index contributed by atoms with van der Waals surface area (Å²) in [6, 6.07) is 15.3. The minimum Gasteiger partial charge on any atom is -0.332 e. The lowest BCUT2D eigenvalue weighted by Crippen LogP contribution is -2.30. The minimum absolute atomic E-state index is 0.0576. The predicted molar refractivity (Wildman–Crippen MR) is 91.5 cm³/mol. The van der Waals surface area contributed by atoms with Gasteiger partial charge in [0.2, 0.25) is 0 Å². The van der Waals surface area contributed by atoms with Crippen LogP contribution in [0.5, 0.6) is 0 Å². The molecule has 0 N–H and O–H groups in total. The highest BCUT2D eigenvalue weighted by molar-refractivity contribution is 7.16. The fourth-order valence-corrected chi connectivity index (χ4v) is 3.40. The van der Waals surface area contributed by atoms with E-state index in [1.807, 2.05) is 49.4 Å². The summed E-state index contributed by atoms with van der Waals surface area (Å²) in [5, 5.41) is 1.03. The Morgan fingerprint density at radius 1 is 1.18 bits per heavy atom. The summed E-state index contributed by atoms with van der Waals surface area (Å²) in [6.07, 6.45) is 0. The number of carbonyl (C=O) groups is 1. The van der Waals surface area contributed by atoms with Crippen LogP contribution >= 0.6 is 22.9 Å². The van der Waals surface area contributed by atoms with Gasteiger partial charge in [-0.15, -0.1) is 11.3 Å². The van der Waals surface area contributed by atoms with Gasteiger partial charge in [0.25, 0.3) is 5.91 Å². The third-order valence-electron chi connectivity index (χ3n) is 3.46. The number of aromatic nitrogens is 1. The Balaban J connectivity index is 1.85. The lowest BCUT2D eigenvalue weighted by atomic mass is 10.2. The Morgan fingerprint density at radius 2 is 2.00 bits per heavy atom. The number of nitrogens with zero attached hydrogens (tertiary/aromatic N) is 2. The van der Waals surface area contributed by atoms with Gasteiger partial charge < -0.3 is 4.90 Å². The van der Waals surface area contributed by atoms with Crippen LogP contribution in [-0.4, -0.2) is 22.3 Å². The lowest BCUT2D eigenvalue weighted by Gasteiger charge is -2.19. The van der Waals surface area contributed by atoms with E-state index in [2.05, 4.69) is 4.98 Å². The number of halogens is 1. The van der Waals surface area contributed by atoms with E-state index < -0.39 is 0 Å². The average molecular weight is 331 g/mol. The third-order valence-corrected chi connectivity index (χ3v) is 4.68. The number of pyridine rings is 1. The molecule has 112 valence electrons. The van der Waals surface area contributed by atoms with Crippen LogP contribution < -0.4 is 0 Å². The molecule has 0 atom stereocenters. The minimum atomic E-state index is -0.0576. The molecule has 0 aliphatic carbocycles. The zero-order valence-corrected chi connectivity index (χ0v) is 13.7. The number of thiophene rings is 1. The topological polar surface area (TPSA) is 33.2 Å². The van der Waals surface area contributed by atoms with Crippen LogP contribution in [0, 0.1) is 0 Å². The molecule has 22 heavy (non-hydrogen) atoms. The van der Waals surface area contributed by atoms with Crippen molar-refractivity contribution >= 4 is 39.7 Å². The van der Waals surface area contributed by atoms with Crippen molar-refractivity contribution in [2.75, 3.05) is 6.54 Å². The van der Waals surface area contributed by atoms with E-state index in [0.29, 0.717) is 18.8 Å². The van der Waals surface area contributed by atoms with Gasteiger partial charge in [0.1, 0.15) is 5.69 Å². The van der Waals surface area contributed by atoms with E-state index in [4.69, 9.17) is 11.6 Å². The molecule has 3 rings (SSSR count). The van der Waals surface area contributed by atoms with Crippen molar-refractivity contribution in [1.29, 1.82) is 0 Å². The number of fused-ring (bicyclic) bond motifs is 1. The highest BCUT2D eigenvalue weighted by atomic mass is 35.5. The number of rotatable bonds is 4. The van der Waals surface area contributed by atoms with Gasteiger partial charge in [0, 0.05) is 16.8 Å². The number of benzene rings is 1. The normalized spacial score (nSPS) is 10.8. The Kier molecular flexibility index (Phi) is 4.41. The van der Waals surface area contributed by atoms with Crippen LogP contribution in [0.2, 0.25) is 4.34 Å². The summed E-state index contributed by atoms with van der Waals surface area (Å²) in [7, 11) is 0. The molecule has 1 amide bonds. The fourth-order valence-electron chi connectivity index (χ4n) is 2.30. The molecule has 0 unspecified atom stereocenters. The Bertz CT molecular complexity index is 815. The van der Waals surface area contributed by atoms with E-state index in [-0.39, 0.29) is 5.91 Å². The maximum Gasteiger partial charge on any atom is 0.272 e. The average Bonchev–Trinajstić information content (AvgIpc) is 2.96. The van der Waals surface area contributed by atoms with Crippen LogP contribution in [0.1, 0.15) is 22.3 Å². The number of hydrogen-bond acceptors (Lipinski definition) is 3. The smallest absolute Gasteiger partial charge is 0.272 e. The Morgan fingerprint density at radius 3 is 2.73 bits per heavy atom. The van der Waals surface area contributed by atoms with Gasteiger partial charge in [-0.2, -0.15) is 0 Å². The van der Waals surface area contributed by atoms with Crippen molar-refractivity contribution in [3.05, 3.63) is 63.4 Å². The molecular weight excluding hydrogens is 316 g/mol. The largest absolute Gasteiger partial charge is 0.332 e. The zero-order chi connectivity index (χ0) is 15.5. The van der Waals surface area contributed by atoms with Crippen molar-refractivity contribution in [1.82, 2.24) is 9.88 Å². The van der Waals surface area contributed by atoms with E-state index >= 15 is 0 Å². The van der Waals surface area contributed by atoms with Crippen molar-refractivity contribution in [2.24, 2.45) is 0 Å². The van der Waals surface area contributed by atoms with Gasteiger partial charge in [-0.25, -0.2) is 4.98 Å². The van der Waals surface area contributed by atoms with Gasteiger partial charge in [-0.1, -0.05) is 35.9 Å². The summed E-state index contributed by atoms with van der Waals surface area (Å²) < 4.78 is 0.738. The summed E-state index contributed by atoms with van der Waals surface area (Å²) in [4.78, 5) is 20.0. The van der Waals surface area contributed by atoms with Crippen LogP contribution in [0.25, 0.3) is 10.9 Å². The Hall–Kier alpha value is -1.91. The number of para-hydroxylation sites is 1. The Labute approximate surface area is 138 Å². The van der Waals surface area contributed by atoms with Gasteiger partial charge in [-0.3, -0.25) is 4.79 Å². The lowest BCUT2D eigenvalue weighted by molar-refractivity contribution is 0.0748. The molecule has 0 aliphatic rings. The molecule has 1 aromatic carbocycles.